The van der Waals surface area contributed by atoms with E-state index in [9.17, 15) is 4.79 Å². The number of rotatable bonds is 5. The predicted molar refractivity (Wildman–Crippen MR) is 95.9 cm³/mol. The first-order valence-electron chi connectivity index (χ1n) is 7.79. The molecule has 0 spiro atoms. The standard InChI is InChI=1S/C18H17Cl2NO4/c1-11(12-2-4-16-17(8-12)24-7-6-23-16)21-18(22)10-25-15-5-3-13(19)9-14(15)20/h2-5,8-9,11H,6-7,10H2,1H3,(H,21,22)/t11-/m1/s1. The van der Waals surface area contributed by atoms with Gasteiger partial charge in [-0.3, -0.25) is 4.79 Å². The van der Waals surface area contributed by atoms with Gasteiger partial charge in [0, 0.05) is 5.02 Å². The zero-order valence-electron chi connectivity index (χ0n) is 13.6. The number of hydrogen-bond acceptors (Lipinski definition) is 4. The van der Waals surface area contributed by atoms with Crippen molar-refractivity contribution < 1.29 is 19.0 Å². The molecule has 0 aromatic heterocycles. The van der Waals surface area contributed by atoms with Crippen molar-refractivity contribution in [3.63, 3.8) is 0 Å². The van der Waals surface area contributed by atoms with E-state index in [2.05, 4.69) is 5.32 Å². The maximum Gasteiger partial charge on any atom is 0.258 e. The molecule has 0 radical (unpaired) electrons. The van der Waals surface area contributed by atoms with Crippen LogP contribution in [0.5, 0.6) is 17.2 Å². The lowest BCUT2D eigenvalue weighted by Crippen LogP contribution is -2.31. The second-order valence-corrected chi connectivity index (χ2v) is 6.40. The lowest BCUT2D eigenvalue weighted by atomic mass is 10.1. The molecule has 2 aromatic rings. The second kappa shape index (κ2) is 7.85. The van der Waals surface area contributed by atoms with Gasteiger partial charge in [-0.1, -0.05) is 29.3 Å². The highest BCUT2D eigenvalue weighted by Crippen LogP contribution is 2.32. The molecule has 0 saturated heterocycles. The first kappa shape index (κ1) is 17.7. The third-order valence-corrected chi connectivity index (χ3v) is 4.23. The maximum absolute atomic E-state index is 12.1. The van der Waals surface area contributed by atoms with Gasteiger partial charge in [-0.15, -0.1) is 0 Å². The number of halogens is 2. The van der Waals surface area contributed by atoms with Gasteiger partial charge in [0.05, 0.1) is 11.1 Å². The van der Waals surface area contributed by atoms with Gasteiger partial charge in [0.2, 0.25) is 0 Å². The minimum atomic E-state index is -0.256. The van der Waals surface area contributed by atoms with E-state index in [1.807, 2.05) is 25.1 Å². The Balaban J connectivity index is 1.57. The maximum atomic E-state index is 12.1. The van der Waals surface area contributed by atoms with Crippen LogP contribution >= 0.6 is 23.2 Å². The molecule has 0 aliphatic carbocycles. The highest BCUT2D eigenvalue weighted by atomic mass is 35.5. The van der Waals surface area contributed by atoms with Crippen LogP contribution in [0.2, 0.25) is 10.0 Å². The highest BCUT2D eigenvalue weighted by Gasteiger charge is 2.16. The first-order valence-corrected chi connectivity index (χ1v) is 8.55. The molecule has 25 heavy (non-hydrogen) atoms. The molecule has 1 amide bonds. The van der Waals surface area contributed by atoms with Gasteiger partial charge in [-0.25, -0.2) is 0 Å². The molecule has 3 rings (SSSR count). The van der Waals surface area contributed by atoms with E-state index >= 15 is 0 Å². The summed E-state index contributed by atoms with van der Waals surface area (Å²) in [5.74, 6) is 1.56. The summed E-state index contributed by atoms with van der Waals surface area (Å²) in [4.78, 5) is 12.1. The normalized spacial score (nSPS) is 13.9. The van der Waals surface area contributed by atoms with Crippen LogP contribution in [-0.4, -0.2) is 25.7 Å². The van der Waals surface area contributed by atoms with E-state index in [0.717, 1.165) is 5.56 Å². The lowest BCUT2D eigenvalue weighted by molar-refractivity contribution is -0.123. The van der Waals surface area contributed by atoms with Crippen LogP contribution in [0.1, 0.15) is 18.5 Å². The van der Waals surface area contributed by atoms with E-state index in [1.165, 1.54) is 0 Å². The van der Waals surface area contributed by atoms with Crippen LogP contribution < -0.4 is 19.5 Å². The van der Waals surface area contributed by atoms with Gasteiger partial charge in [-0.05, 0) is 42.8 Å². The van der Waals surface area contributed by atoms with Gasteiger partial charge in [0.25, 0.3) is 5.91 Å². The average Bonchev–Trinajstić information content (AvgIpc) is 2.60. The van der Waals surface area contributed by atoms with Crippen LogP contribution in [0, 0.1) is 0 Å². The number of fused-ring (bicyclic) bond motifs is 1. The molecule has 1 heterocycles. The van der Waals surface area contributed by atoms with Crippen molar-refractivity contribution >= 4 is 29.1 Å². The summed E-state index contributed by atoms with van der Waals surface area (Å²) in [5.41, 5.74) is 0.919. The number of ether oxygens (including phenoxy) is 3. The number of carbonyl (C=O) groups is 1. The van der Waals surface area contributed by atoms with Crippen LogP contribution in [0.3, 0.4) is 0 Å². The van der Waals surface area contributed by atoms with Gasteiger partial charge in [0.15, 0.2) is 18.1 Å². The second-order valence-electron chi connectivity index (χ2n) is 5.56. The molecular formula is C18H17Cl2NO4. The molecule has 0 unspecified atom stereocenters. The molecule has 132 valence electrons. The molecule has 0 bridgehead atoms. The first-order chi connectivity index (χ1) is 12.0. The SMILES string of the molecule is C[C@@H](NC(=O)COc1ccc(Cl)cc1Cl)c1ccc2c(c1)OCCO2. The Bertz CT molecular complexity index is 782. The monoisotopic (exact) mass is 381 g/mol. The fourth-order valence-electron chi connectivity index (χ4n) is 2.43. The zero-order chi connectivity index (χ0) is 17.8. The van der Waals surface area contributed by atoms with Crippen LogP contribution in [0.4, 0.5) is 0 Å². The smallest absolute Gasteiger partial charge is 0.258 e. The molecule has 0 saturated carbocycles. The largest absolute Gasteiger partial charge is 0.486 e. The van der Waals surface area contributed by atoms with Crippen molar-refractivity contribution in [2.45, 2.75) is 13.0 Å². The van der Waals surface area contributed by atoms with Crippen molar-refractivity contribution in [2.75, 3.05) is 19.8 Å². The average molecular weight is 382 g/mol. The van der Waals surface area contributed by atoms with Crippen LogP contribution in [0.25, 0.3) is 0 Å². The Morgan fingerprint density at radius 1 is 1.16 bits per heavy atom. The lowest BCUT2D eigenvalue weighted by Gasteiger charge is -2.21. The van der Waals surface area contributed by atoms with E-state index in [4.69, 9.17) is 37.4 Å². The van der Waals surface area contributed by atoms with E-state index in [1.54, 1.807) is 18.2 Å². The Morgan fingerprint density at radius 2 is 1.92 bits per heavy atom. The van der Waals surface area contributed by atoms with Gasteiger partial charge >= 0.3 is 0 Å². The van der Waals surface area contributed by atoms with E-state index < -0.39 is 0 Å². The predicted octanol–water partition coefficient (Wildman–Crippen LogP) is 4.02. The van der Waals surface area contributed by atoms with Crippen molar-refractivity contribution in [1.29, 1.82) is 0 Å². The number of nitrogens with one attached hydrogen (secondary N) is 1. The molecule has 2 aromatic carbocycles. The number of carbonyl (C=O) groups excluding carboxylic acids is 1. The summed E-state index contributed by atoms with van der Waals surface area (Å²) in [5, 5.41) is 3.74. The Morgan fingerprint density at radius 3 is 2.68 bits per heavy atom. The Kier molecular flexibility index (Phi) is 5.56. The number of hydrogen-bond donors (Lipinski definition) is 1. The third kappa shape index (κ3) is 4.50. The molecule has 1 aliphatic rings. The molecule has 1 N–H and O–H groups in total. The summed E-state index contributed by atoms with van der Waals surface area (Å²) in [6, 6.07) is 10.3. The van der Waals surface area contributed by atoms with Crippen molar-refractivity contribution in [1.82, 2.24) is 5.32 Å². The quantitative estimate of drug-likeness (QED) is 0.849. The summed E-state index contributed by atoms with van der Waals surface area (Å²) < 4.78 is 16.5. The summed E-state index contributed by atoms with van der Waals surface area (Å²) in [6.45, 7) is 2.81. The van der Waals surface area contributed by atoms with E-state index in [-0.39, 0.29) is 18.6 Å². The highest BCUT2D eigenvalue weighted by molar-refractivity contribution is 6.35. The van der Waals surface area contributed by atoms with Gasteiger partial charge in [-0.2, -0.15) is 0 Å². The summed E-state index contributed by atoms with van der Waals surface area (Å²) in [6.07, 6.45) is 0. The van der Waals surface area contributed by atoms with Crippen molar-refractivity contribution in [3.05, 3.63) is 52.0 Å². The number of benzene rings is 2. The molecule has 1 atom stereocenters. The molecular weight excluding hydrogens is 365 g/mol. The van der Waals surface area contributed by atoms with Crippen LogP contribution in [0.15, 0.2) is 36.4 Å². The minimum Gasteiger partial charge on any atom is -0.486 e. The Labute approximate surface area is 155 Å². The van der Waals surface area contributed by atoms with Crippen molar-refractivity contribution in [3.8, 4) is 17.2 Å². The topological polar surface area (TPSA) is 56.8 Å². The number of amides is 1. The summed E-state index contributed by atoms with van der Waals surface area (Å²) >= 11 is 11.8. The molecule has 7 heteroatoms. The minimum absolute atomic E-state index is 0.143. The Hall–Kier alpha value is -2.11. The molecule has 1 aliphatic heterocycles. The third-order valence-electron chi connectivity index (χ3n) is 3.70. The summed E-state index contributed by atoms with van der Waals surface area (Å²) in [7, 11) is 0. The molecule has 5 nitrogen and oxygen atoms in total. The fraction of sp³-hybridized carbons (Fsp3) is 0.278. The van der Waals surface area contributed by atoms with Gasteiger partial charge < -0.3 is 19.5 Å². The molecule has 0 fully saturated rings. The van der Waals surface area contributed by atoms with Gasteiger partial charge in [0.1, 0.15) is 19.0 Å². The van der Waals surface area contributed by atoms with E-state index in [0.29, 0.717) is 40.5 Å². The van der Waals surface area contributed by atoms with Crippen molar-refractivity contribution in [2.24, 2.45) is 0 Å². The fourth-order valence-corrected chi connectivity index (χ4v) is 2.89. The van der Waals surface area contributed by atoms with Crippen LogP contribution in [-0.2, 0) is 4.79 Å². The zero-order valence-corrected chi connectivity index (χ0v) is 15.1.